The van der Waals surface area contributed by atoms with Gasteiger partial charge in [0.05, 0.1) is 5.69 Å². The smallest absolute Gasteiger partial charge is 0.291 e. The summed E-state index contributed by atoms with van der Waals surface area (Å²) in [6.45, 7) is 4.73. The summed E-state index contributed by atoms with van der Waals surface area (Å²) in [7, 11) is 0. The van der Waals surface area contributed by atoms with Crippen LogP contribution >= 0.6 is 0 Å². The minimum atomic E-state index is -0.483. The van der Waals surface area contributed by atoms with E-state index in [1.54, 1.807) is 35.1 Å². The van der Waals surface area contributed by atoms with Gasteiger partial charge in [0.1, 0.15) is 18.1 Å². The fourth-order valence-corrected chi connectivity index (χ4v) is 3.29. The van der Waals surface area contributed by atoms with Crippen LogP contribution in [0.4, 0.5) is 11.4 Å². The van der Waals surface area contributed by atoms with Gasteiger partial charge in [0.2, 0.25) is 0 Å². The van der Waals surface area contributed by atoms with Crippen molar-refractivity contribution in [2.45, 2.75) is 33.4 Å². The predicted octanol–water partition coefficient (Wildman–Crippen LogP) is 5.14. The van der Waals surface area contributed by atoms with Crippen molar-refractivity contribution in [1.82, 2.24) is 9.78 Å². The molecule has 2 N–H and O–H groups in total. The van der Waals surface area contributed by atoms with Gasteiger partial charge in [-0.3, -0.25) is 14.3 Å². The zero-order chi connectivity index (χ0) is 23.9. The van der Waals surface area contributed by atoms with E-state index in [9.17, 15) is 9.59 Å². The van der Waals surface area contributed by atoms with Gasteiger partial charge in [0.15, 0.2) is 11.5 Å². The third-order valence-corrected chi connectivity index (χ3v) is 5.18. The third kappa shape index (κ3) is 5.53. The third-order valence-electron chi connectivity index (χ3n) is 5.18. The maximum Gasteiger partial charge on any atom is 0.291 e. The number of nitrogens with one attached hydrogen (secondary N) is 2. The van der Waals surface area contributed by atoms with Gasteiger partial charge in [-0.2, -0.15) is 5.10 Å². The molecule has 4 rings (SSSR count). The topological polar surface area (TPSA) is 98.4 Å². The van der Waals surface area contributed by atoms with Crippen LogP contribution in [-0.2, 0) is 19.6 Å². The van der Waals surface area contributed by atoms with Crippen LogP contribution in [0, 0.1) is 0 Å². The molecule has 2 heterocycles. The number of carbonyl (C=O) groups excluding carboxylic acids is 2. The quantitative estimate of drug-likeness (QED) is 0.362. The van der Waals surface area contributed by atoms with Gasteiger partial charge in [-0.05, 0) is 55.3 Å². The Hall–Kier alpha value is -4.33. The lowest BCUT2D eigenvalue weighted by atomic mass is 10.2. The number of carbonyl (C=O) groups is 2. The van der Waals surface area contributed by atoms with Crippen molar-refractivity contribution in [2.24, 2.45) is 0 Å². The number of anilines is 2. The second-order valence-electron chi connectivity index (χ2n) is 7.57. The molecule has 34 heavy (non-hydrogen) atoms. The monoisotopic (exact) mass is 458 g/mol. The van der Waals surface area contributed by atoms with Gasteiger partial charge >= 0.3 is 0 Å². The van der Waals surface area contributed by atoms with Gasteiger partial charge in [0.25, 0.3) is 11.8 Å². The van der Waals surface area contributed by atoms with Crippen LogP contribution in [0.1, 0.15) is 46.2 Å². The van der Waals surface area contributed by atoms with E-state index in [0.29, 0.717) is 23.7 Å². The van der Waals surface area contributed by atoms with E-state index in [2.05, 4.69) is 22.7 Å². The molecule has 8 heteroatoms. The molecule has 0 bridgehead atoms. The highest BCUT2D eigenvalue weighted by molar-refractivity contribution is 6.10. The normalized spacial score (nSPS) is 10.6. The summed E-state index contributed by atoms with van der Waals surface area (Å²) in [5.74, 6) is 0.439. The Morgan fingerprint density at radius 3 is 2.41 bits per heavy atom. The van der Waals surface area contributed by atoms with Crippen LogP contribution in [-0.4, -0.2) is 21.6 Å². The van der Waals surface area contributed by atoms with Crippen LogP contribution in [0.2, 0.25) is 0 Å². The first-order chi connectivity index (χ1) is 16.6. The van der Waals surface area contributed by atoms with Crippen LogP contribution in [0.5, 0.6) is 5.75 Å². The molecule has 8 nitrogen and oxygen atoms in total. The van der Waals surface area contributed by atoms with E-state index in [-0.39, 0.29) is 18.1 Å². The minimum absolute atomic E-state index is 0.110. The molecule has 2 aromatic carbocycles. The number of nitrogens with zero attached hydrogens (tertiary/aromatic N) is 2. The summed E-state index contributed by atoms with van der Waals surface area (Å²) in [4.78, 5) is 25.6. The minimum Gasteiger partial charge on any atom is -0.486 e. The highest BCUT2D eigenvalue weighted by Crippen LogP contribution is 2.20. The van der Waals surface area contributed by atoms with Crippen molar-refractivity contribution in [1.29, 1.82) is 0 Å². The largest absolute Gasteiger partial charge is 0.486 e. The molecule has 4 aromatic rings. The van der Waals surface area contributed by atoms with Crippen LogP contribution in [0.25, 0.3) is 0 Å². The average molecular weight is 459 g/mol. The molecule has 0 atom stereocenters. The first-order valence-electron chi connectivity index (χ1n) is 11.1. The molecule has 0 aliphatic rings. The number of rotatable bonds is 9. The fourth-order valence-electron chi connectivity index (χ4n) is 3.29. The Bertz CT molecular complexity index is 1260. The molecule has 2 aromatic heterocycles. The number of aromatic nitrogens is 2. The molecule has 0 aliphatic carbocycles. The Kier molecular flexibility index (Phi) is 7.07. The zero-order valence-electron chi connectivity index (χ0n) is 19.1. The van der Waals surface area contributed by atoms with Crippen molar-refractivity contribution >= 4 is 23.2 Å². The van der Waals surface area contributed by atoms with Crippen LogP contribution in [0.3, 0.4) is 0 Å². The first-order valence-corrected chi connectivity index (χ1v) is 11.1. The lowest BCUT2D eigenvalue weighted by Crippen LogP contribution is -2.17. The van der Waals surface area contributed by atoms with E-state index in [4.69, 9.17) is 9.15 Å². The zero-order valence-corrected chi connectivity index (χ0v) is 19.1. The van der Waals surface area contributed by atoms with Crippen LogP contribution < -0.4 is 15.4 Å². The van der Waals surface area contributed by atoms with E-state index in [1.807, 2.05) is 49.4 Å². The molecule has 0 saturated heterocycles. The number of benzene rings is 2. The summed E-state index contributed by atoms with van der Waals surface area (Å²) in [6, 6.07) is 20.1. The van der Waals surface area contributed by atoms with E-state index < -0.39 is 11.8 Å². The summed E-state index contributed by atoms with van der Waals surface area (Å²) >= 11 is 0. The Morgan fingerprint density at radius 1 is 0.941 bits per heavy atom. The maximum absolute atomic E-state index is 12.8. The molecule has 0 radical (unpaired) electrons. The molecular weight excluding hydrogens is 432 g/mol. The number of para-hydroxylation sites is 1. The lowest BCUT2D eigenvalue weighted by molar-refractivity contribution is 0.0992. The Morgan fingerprint density at radius 2 is 1.71 bits per heavy atom. The fraction of sp³-hybridized carbons (Fsp3) is 0.192. The highest BCUT2D eigenvalue weighted by Gasteiger charge is 2.21. The maximum atomic E-state index is 12.8. The number of aryl methyl sites for hydroxylation is 2. The summed E-state index contributed by atoms with van der Waals surface area (Å²) in [6.07, 6.45) is 2.58. The molecule has 2 amide bonds. The van der Waals surface area contributed by atoms with Crippen molar-refractivity contribution in [3.63, 3.8) is 0 Å². The van der Waals surface area contributed by atoms with E-state index >= 15 is 0 Å². The molecule has 0 aliphatic heterocycles. The van der Waals surface area contributed by atoms with Crippen LogP contribution in [0.15, 0.2) is 77.3 Å². The number of furan rings is 1. The summed E-state index contributed by atoms with van der Waals surface area (Å²) < 4.78 is 13.0. The van der Waals surface area contributed by atoms with Gasteiger partial charge in [0, 0.05) is 18.4 Å². The average Bonchev–Trinajstić information content (AvgIpc) is 3.51. The SMILES string of the molecule is CCc1ccc(OCc2ccc(C(=O)Nc3cn(CC)nc3C(=O)Nc3ccccc3)o2)cc1. The van der Waals surface area contributed by atoms with E-state index in [0.717, 1.165) is 12.2 Å². The van der Waals surface area contributed by atoms with Gasteiger partial charge < -0.3 is 19.8 Å². The second kappa shape index (κ2) is 10.5. The predicted molar refractivity (Wildman–Crippen MR) is 129 cm³/mol. The first kappa shape index (κ1) is 22.8. The Balaban J connectivity index is 1.41. The molecule has 0 saturated carbocycles. The van der Waals surface area contributed by atoms with Gasteiger partial charge in [-0.15, -0.1) is 0 Å². The van der Waals surface area contributed by atoms with Crippen molar-refractivity contribution in [3.05, 3.63) is 95.7 Å². The summed E-state index contributed by atoms with van der Waals surface area (Å²) in [5, 5.41) is 9.81. The molecule has 0 unspecified atom stereocenters. The number of hydrogen-bond acceptors (Lipinski definition) is 5. The van der Waals surface area contributed by atoms with Gasteiger partial charge in [-0.25, -0.2) is 0 Å². The number of hydrogen-bond donors (Lipinski definition) is 2. The molecular formula is C26H26N4O4. The number of ether oxygens (including phenoxy) is 1. The number of amides is 2. The standard InChI is InChI=1S/C26H26N4O4/c1-3-18-10-12-20(13-11-18)33-17-21-14-15-23(34-21)25(31)28-22-16-30(4-2)29-24(22)26(32)27-19-8-6-5-7-9-19/h5-16H,3-4,17H2,1-2H3,(H,27,32)(H,28,31). The molecule has 0 fully saturated rings. The Labute approximate surface area is 197 Å². The van der Waals surface area contributed by atoms with Crippen molar-refractivity contribution < 1.29 is 18.7 Å². The highest BCUT2D eigenvalue weighted by atomic mass is 16.5. The molecule has 0 spiro atoms. The second-order valence-corrected chi connectivity index (χ2v) is 7.57. The van der Waals surface area contributed by atoms with Crippen molar-refractivity contribution in [2.75, 3.05) is 10.6 Å². The lowest BCUT2D eigenvalue weighted by Gasteiger charge is -2.06. The van der Waals surface area contributed by atoms with Gasteiger partial charge in [-0.1, -0.05) is 37.3 Å². The summed E-state index contributed by atoms with van der Waals surface area (Å²) in [5.41, 5.74) is 2.28. The van der Waals surface area contributed by atoms with E-state index in [1.165, 1.54) is 5.56 Å². The molecule has 174 valence electrons. The van der Waals surface area contributed by atoms with Crippen molar-refractivity contribution in [3.8, 4) is 5.75 Å².